The van der Waals surface area contributed by atoms with E-state index in [0.29, 0.717) is 0 Å². The lowest BCUT2D eigenvalue weighted by molar-refractivity contribution is -0.921. The zero-order valence-electron chi connectivity index (χ0n) is 9.08. The summed E-state index contributed by atoms with van der Waals surface area (Å²) >= 11 is 0. The minimum Gasteiger partial charge on any atom is -0.450 e. The molecule has 0 aliphatic carbocycles. The first-order valence-electron chi connectivity index (χ1n) is 4.74. The Bertz CT molecular complexity index is 111. The van der Waals surface area contributed by atoms with Crippen LogP contribution >= 0.6 is 0 Å². The van der Waals surface area contributed by atoms with Crippen LogP contribution in [0.25, 0.3) is 0 Å². The highest BCUT2D eigenvalue weighted by Crippen LogP contribution is 2.03. The average molecular weight is 192 g/mol. The van der Waals surface area contributed by atoms with E-state index < -0.39 is 6.16 Å². The molecule has 0 amide bonds. The number of rotatable bonds is 4. The van der Waals surface area contributed by atoms with Gasteiger partial charge in [-0.25, -0.2) is 4.79 Å². The van der Waals surface area contributed by atoms with Gasteiger partial charge in [0.1, 0.15) is 0 Å². The third kappa shape index (κ3) is 7.59. The summed E-state index contributed by atoms with van der Waals surface area (Å²) in [6.07, 6.45) is -1.83. The molecule has 80 valence electrons. The van der Waals surface area contributed by atoms with Crippen molar-refractivity contribution in [1.29, 1.82) is 0 Å². The lowest BCUT2D eigenvalue weighted by Gasteiger charge is -2.34. The minimum atomic E-state index is -1.83. The van der Waals surface area contributed by atoms with Gasteiger partial charge in [-0.05, 0) is 27.7 Å². The van der Waals surface area contributed by atoms with E-state index in [4.69, 9.17) is 15.0 Å². The lowest BCUT2D eigenvalue weighted by atomic mass is 10.3. The number of quaternary nitrogens is 1. The molecule has 0 spiro atoms. The van der Waals surface area contributed by atoms with E-state index in [-0.39, 0.29) is 0 Å². The highest BCUT2D eigenvalue weighted by Gasteiger charge is 2.16. The summed E-state index contributed by atoms with van der Waals surface area (Å²) in [6.45, 7) is 14.2. The monoisotopic (exact) mass is 192 g/mol. The van der Waals surface area contributed by atoms with Gasteiger partial charge >= 0.3 is 6.16 Å². The van der Waals surface area contributed by atoms with E-state index in [9.17, 15) is 0 Å². The van der Waals surface area contributed by atoms with E-state index in [1.807, 2.05) is 0 Å². The summed E-state index contributed by atoms with van der Waals surface area (Å²) in [7, 11) is 0. The van der Waals surface area contributed by atoms with Gasteiger partial charge in [-0.2, -0.15) is 0 Å². The van der Waals surface area contributed by atoms with E-state index in [1.54, 1.807) is 0 Å². The van der Waals surface area contributed by atoms with Crippen LogP contribution in [0.3, 0.4) is 0 Å². The molecule has 0 aromatic heterocycles. The van der Waals surface area contributed by atoms with E-state index in [0.717, 1.165) is 0 Å². The van der Waals surface area contributed by atoms with Gasteiger partial charge in [0.15, 0.2) is 0 Å². The maximum absolute atomic E-state index is 8.56. The van der Waals surface area contributed by atoms with Crippen molar-refractivity contribution in [2.24, 2.45) is 0 Å². The number of carbonyl (C=O) groups is 1. The van der Waals surface area contributed by atoms with Crippen LogP contribution in [-0.2, 0) is 0 Å². The molecule has 0 heterocycles. The Labute approximate surface area is 80.4 Å². The Morgan fingerprint density at radius 2 is 1.08 bits per heavy atom. The SMILES string of the molecule is CC[N+](CC)(CC)CC.O=C(O)O. The molecule has 0 aliphatic rings. The van der Waals surface area contributed by atoms with Gasteiger partial charge in [0.2, 0.25) is 0 Å². The molecule has 2 N–H and O–H groups in total. The molecule has 0 atom stereocenters. The van der Waals surface area contributed by atoms with Crippen LogP contribution in [0.1, 0.15) is 27.7 Å². The fraction of sp³-hybridized carbons (Fsp3) is 0.889. The van der Waals surface area contributed by atoms with Gasteiger partial charge < -0.3 is 14.7 Å². The Hall–Kier alpha value is -0.770. The van der Waals surface area contributed by atoms with E-state index >= 15 is 0 Å². The largest absolute Gasteiger partial charge is 0.503 e. The second kappa shape index (κ2) is 7.86. The van der Waals surface area contributed by atoms with Gasteiger partial charge in [-0.1, -0.05) is 0 Å². The first-order valence-corrected chi connectivity index (χ1v) is 4.74. The lowest BCUT2D eigenvalue weighted by Crippen LogP contribution is -2.47. The number of hydrogen-bond donors (Lipinski definition) is 2. The van der Waals surface area contributed by atoms with E-state index in [2.05, 4.69) is 27.7 Å². The van der Waals surface area contributed by atoms with Crippen molar-refractivity contribution in [3.63, 3.8) is 0 Å². The molecule has 0 rings (SSSR count). The highest BCUT2D eigenvalue weighted by molar-refractivity contribution is 5.53. The van der Waals surface area contributed by atoms with Gasteiger partial charge in [0.05, 0.1) is 26.2 Å². The predicted octanol–water partition coefficient (Wildman–Crippen LogP) is 2.11. The Morgan fingerprint density at radius 1 is 0.923 bits per heavy atom. The van der Waals surface area contributed by atoms with Crippen molar-refractivity contribution in [2.75, 3.05) is 26.2 Å². The van der Waals surface area contributed by atoms with Gasteiger partial charge in [-0.15, -0.1) is 0 Å². The van der Waals surface area contributed by atoms with Crippen molar-refractivity contribution in [3.05, 3.63) is 0 Å². The minimum absolute atomic E-state index is 1.28. The standard InChI is InChI=1S/C8H20N.CH2O3/c1-5-9(6-2,7-3)8-4;2-1(3)4/h5-8H2,1-4H3;(H2,2,3,4)/q+1;. The molecule has 0 saturated heterocycles. The maximum atomic E-state index is 8.56. The Kier molecular flexibility index (Phi) is 8.91. The molecule has 0 radical (unpaired) electrons. The molecule has 0 aromatic carbocycles. The average Bonchev–Trinajstić information content (AvgIpc) is 2.09. The summed E-state index contributed by atoms with van der Waals surface area (Å²) in [5.41, 5.74) is 0. The first kappa shape index (κ1) is 14.7. The van der Waals surface area contributed by atoms with Crippen LogP contribution in [0.2, 0.25) is 0 Å². The molecule has 4 heteroatoms. The number of nitrogens with zero attached hydrogens (tertiary/aromatic N) is 1. The van der Waals surface area contributed by atoms with Crippen molar-refractivity contribution in [3.8, 4) is 0 Å². The van der Waals surface area contributed by atoms with Crippen molar-refractivity contribution < 1.29 is 19.5 Å². The second-order valence-electron chi connectivity index (χ2n) is 2.89. The quantitative estimate of drug-likeness (QED) is 0.671. The normalized spacial score (nSPS) is 10.2. The highest BCUT2D eigenvalue weighted by atomic mass is 16.6. The smallest absolute Gasteiger partial charge is 0.450 e. The second-order valence-corrected chi connectivity index (χ2v) is 2.89. The number of carboxylic acid groups (broad SMARTS) is 2. The molecule has 0 aliphatic heterocycles. The molecule has 0 saturated carbocycles. The molecular weight excluding hydrogens is 170 g/mol. The first-order chi connectivity index (χ1) is 5.97. The van der Waals surface area contributed by atoms with Gasteiger partial charge in [0.25, 0.3) is 0 Å². The van der Waals surface area contributed by atoms with Gasteiger partial charge in [0, 0.05) is 0 Å². The third-order valence-corrected chi connectivity index (χ3v) is 2.68. The van der Waals surface area contributed by atoms with Crippen LogP contribution < -0.4 is 0 Å². The molecule has 0 fully saturated rings. The van der Waals surface area contributed by atoms with Crippen LogP contribution in [-0.4, -0.2) is 47.0 Å². The van der Waals surface area contributed by atoms with Crippen molar-refractivity contribution in [1.82, 2.24) is 0 Å². The molecule has 0 aromatic rings. The van der Waals surface area contributed by atoms with Crippen LogP contribution in [0.15, 0.2) is 0 Å². The van der Waals surface area contributed by atoms with Crippen LogP contribution in [0, 0.1) is 0 Å². The fourth-order valence-electron chi connectivity index (χ4n) is 1.34. The zero-order chi connectivity index (χ0) is 10.9. The summed E-state index contributed by atoms with van der Waals surface area (Å²) in [5, 5.41) is 13.9. The summed E-state index contributed by atoms with van der Waals surface area (Å²) < 4.78 is 1.28. The Balaban J connectivity index is 0. The number of hydrogen-bond acceptors (Lipinski definition) is 1. The molecule has 4 nitrogen and oxygen atoms in total. The predicted molar refractivity (Wildman–Crippen MR) is 53.1 cm³/mol. The maximum Gasteiger partial charge on any atom is 0.503 e. The van der Waals surface area contributed by atoms with Crippen molar-refractivity contribution >= 4 is 6.16 Å². The van der Waals surface area contributed by atoms with Crippen LogP contribution in [0.5, 0.6) is 0 Å². The third-order valence-electron chi connectivity index (χ3n) is 2.68. The topological polar surface area (TPSA) is 57.5 Å². The van der Waals surface area contributed by atoms with E-state index in [1.165, 1.54) is 30.7 Å². The molecule has 0 bridgehead atoms. The Morgan fingerprint density at radius 3 is 1.08 bits per heavy atom. The summed E-state index contributed by atoms with van der Waals surface area (Å²) in [5.74, 6) is 0. The molecule has 13 heavy (non-hydrogen) atoms. The summed E-state index contributed by atoms with van der Waals surface area (Å²) in [4.78, 5) is 8.56. The van der Waals surface area contributed by atoms with Gasteiger partial charge in [-0.3, -0.25) is 0 Å². The van der Waals surface area contributed by atoms with Crippen molar-refractivity contribution in [2.45, 2.75) is 27.7 Å². The van der Waals surface area contributed by atoms with Crippen LogP contribution in [0.4, 0.5) is 4.79 Å². The summed E-state index contributed by atoms with van der Waals surface area (Å²) in [6, 6.07) is 0. The fourth-order valence-corrected chi connectivity index (χ4v) is 1.34. The molecule has 0 unspecified atom stereocenters. The zero-order valence-corrected chi connectivity index (χ0v) is 9.08. The molecular formula is C9H22NO3+.